The molecule has 3 N–H and O–H groups in total. The lowest BCUT2D eigenvalue weighted by atomic mass is 10.1. The van der Waals surface area contributed by atoms with Gasteiger partial charge in [0.25, 0.3) is 0 Å². The molecule has 15 heavy (non-hydrogen) atoms. The van der Waals surface area contributed by atoms with Gasteiger partial charge in [-0.05, 0) is 12.1 Å². The molecular weight excluding hydrogens is 218 g/mol. The average Bonchev–Trinajstić information content (AvgIpc) is 2.10. The normalized spacial score (nSPS) is 11.5. The Morgan fingerprint density at radius 1 is 1.33 bits per heavy atom. The molecule has 0 heterocycles. The number of halogens is 4. The number of benzene rings is 1. The van der Waals surface area contributed by atoms with Gasteiger partial charge in [0.2, 0.25) is 0 Å². The predicted octanol–water partition coefficient (Wildman–Crippen LogP) is 1.80. The molecule has 0 amide bonds. The molecule has 0 bridgehead atoms. The smallest absolute Gasteiger partial charge is 0.405 e. The van der Waals surface area contributed by atoms with Crippen molar-refractivity contribution in [3.63, 3.8) is 0 Å². The Kier molecular flexibility index (Phi) is 3.04. The molecule has 7 heteroatoms. The van der Waals surface area contributed by atoms with E-state index < -0.39 is 30.1 Å². The zero-order valence-electron chi connectivity index (χ0n) is 7.31. The Labute approximate surface area is 82.1 Å². The second kappa shape index (κ2) is 3.93. The van der Waals surface area contributed by atoms with Gasteiger partial charge >= 0.3 is 6.36 Å². The van der Waals surface area contributed by atoms with Crippen LogP contribution in [0.3, 0.4) is 0 Å². The fourth-order valence-electron chi connectivity index (χ4n) is 0.989. The third kappa shape index (κ3) is 2.72. The number of nitrogens with two attached hydrogens (primary N) is 1. The molecular formula is C8H7F4NO2. The lowest BCUT2D eigenvalue weighted by molar-refractivity contribution is -0.275. The summed E-state index contributed by atoms with van der Waals surface area (Å²) in [6.07, 6.45) is -4.94. The third-order valence-corrected chi connectivity index (χ3v) is 1.61. The number of ether oxygens (including phenoxy) is 1. The summed E-state index contributed by atoms with van der Waals surface area (Å²) < 4.78 is 52.1. The standard InChI is InChI=1S/C8H7F4NO2/c9-7-4(3-14)6(2-1-5(7)13)15-8(10,11)12/h1-2,14H,3,13H2. The fourth-order valence-corrected chi connectivity index (χ4v) is 0.989. The molecule has 1 aromatic carbocycles. The van der Waals surface area contributed by atoms with Crippen LogP contribution >= 0.6 is 0 Å². The molecule has 0 radical (unpaired) electrons. The van der Waals surface area contributed by atoms with Gasteiger partial charge < -0.3 is 15.6 Å². The van der Waals surface area contributed by atoms with Crippen molar-refractivity contribution in [3.05, 3.63) is 23.5 Å². The second-order valence-electron chi connectivity index (χ2n) is 2.65. The Morgan fingerprint density at radius 3 is 2.40 bits per heavy atom. The predicted molar refractivity (Wildman–Crippen MR) is 43.4 cm³/mol. The van der Waals surface area contributed by atoms with Crippen LogP contribution in [0.4, 0.5) is 23.2 Å². The van der Waals surface area contributed by atoms with E-state index in [0.717, 1.165) is 12.1 Å². The number of rotatable bonds is 2. The summed E-state index contributed by atoms with van der Waals surface area (Å²) >= 11 is 0. The van der Waals surface area contributed by atoms with Crippen LogP contribution in [0.1, 0.15) is 5.56 Å². The molecule has 0 aliphatic heterocycles. The number of aliphatic hydroxyl groups is 1. The monoisotopic (exact) mass is 225 g/mol. The minimum absolute atomic E-state index is 0.353. The van der Waals surface area contributed by atoms with Crippen LogP contribution in [-0.4, -0.2) is 11.5 Å². The largest absolute Gasteiger partial charge is 0.573 e. The second-order valence-corrected chi connectivity index (χ2v) is 2.65. The first-order valence-corrected chi connectivity index (χ1v) is 3.78. The first kappa shape index (κ1) is 11.6. The van der Waals surface area contributed by atoms with Gasteiger partial charge in [0, 0.05) is 0 Å². The van der Waals surface area contributed by atoms with E-state index >= 15 is 0 Å². The number of aliphatic hydroxyl groups excluding tert-OH is 1. The van der Waals surface area contributed by atoms with Gasteiger partial charge in [-0.15, -0.1) is 13.2 Å². The van der Waals surface area contributed by atoms with Crippen LogP contribution < -0.4 is 10.5 Å². The zero-order valence-corrected chi connectivity index (χ0v) is 7.31. The van der Waals surface area contributed by atoms with Crippen molar-refractivity contribution in [3.8, 4) is 5.75 Å². The van der Waals surface area contributed by atoms with E-state index in [0.29, 0.717) is 0 Å². The van der Waals surface area contributed by atoms with Crippen LogP contribution in [0.15, 0.2) is 12.1 Å². The molecule has 1 aromatic rings. The highest BCUT2D eigenvalue weighted by atomic mass is 19.4. The molecule has 0 unspecified atom stereocenters. The molecule has 0 fully saturated rings. The molecule has 84 valence electrons. The molecule has 1 rings (SSSR count). The van der Waals surface area contributed by atoms with E-state index in [1.807, 2.05) is 0 Å². The van der Waals surface area contributed by atoms with Crippen molar-refractivity contribution in [2.75, 3.05) is 5.73 Å². The summed E-state index contributed by atoms with van der Waals surface area (Å²) in [6, 6.07) is 1.77. The van der Waals surface area contributed by atoms with Crippen molar-refractivity contribution >= 4 is 5.69 Å². The Hall–Kier alpha value is -1.50. The number of hydrogen-bond acceptors (Lipinski definition) is 3. The fraction of sp³-hybridized carbons (Fsp3) is 0.250. The SMILES string of the molecule is Nc1ccc(OC(F)(F)F)c(CO)c1F. The highest BCUT2D eigenvalue weighted by Gasteiger charge is 2.32. The lowest BCUT2D eigenvalue weighted by Crippen LogP contribution is -2.18. The van der Waals surface area contributed by atoms with Gasteiger partial charge in [-0.1, -0.05) is 0 Å². The van der Waals surface area contributed by atoms with Gasteiger partial charge in [-0.2, -0.15) is 0 Å². The van der Waals surface area contributed by atoms with E-state index in [9.17, 15) is 17.6 Å². The van der Waals surface area contributed by atoms with Crippen molar-refractivity contribution in [2.24, 2.45) is 0 Å². The Balaban J connectivity index is 3.14. The molecule has 0 saturated carbocycles. The van der Waals surface area contributed by atoms with Crippen LogP contribution in [-0.2, 0) is 6.61 Å². The van der Waals surface area contributed by atoms with Crippen molar-refractivity contribution in [1.29, 1.82) is 0 Å². The molecule has 0 atom stereocenters. The topological polar surface area (TPSA) is 55.5 Å². The van der Waals surface area contributed by atoms with E-state index in [4.69, 9.17) is 10.8 Å². The zero-order chi connectivity index (χ0) is 11.6. The van der Waals surface area contributed by atoms with Gasteiger partial charge in [0.1, 0.15) is 5.75 Å². The van der Waals surface area contributed by atoms with Crippen molar-refractivity contribution in [1.82, 2.24) is 0 Å². The highest BCUT2D eigenvalue weighted by molar-refractivity contribution is 5.49. The molecule has 0 aliphatic carbocycles. The van der Waals surface area contributed by atoms with Gasteiger partial charge in [0.05, 0.1) is 17.9 Å². The molecule has 0 spiro atoms. The van der Waals surface area contributed by atoms with E-state index in [2.05, 4.69) is 4.74 Å². The Bertz CT molecular complexity index is 364. The number of nitrogen functional groups attached to an aromatic ring is 1. The third-order valence-electron chi connectivity index (χ3n) is 1.61. The van der Waals surface area contributed by atoms with Crippen LogP contribution in [0.25, 0.3) is 0 Å². The summed E-state index contributed by atoms with van der Waals surface area (Å²) in [7, 11) is 0. The van der Waals surface area contributed by atoms with Crippen molar-refractivity contribution in [2.45, 2.75) is 13.0 Å². The number of alkyl halides is 3. The van der Waals surface area contributed by atoms with Crippen LogP contribution in [0.5, 0.6) is 5.75 Å². The minimum atomic E-state index is -4.94. The van der Waals surface area contributed by atoms with Gasteiger partial charge in [0.15, 0.2) is 5.82 Å². The quantitative estimate of drug-likeness (QED) is 0.596. The van der Waals surface area contributed by atoms with Gasteiger partial charge in [-0.25, -0.2) is 4.39 Å². The molecule has 3 nitrogen and oxygen atoms in total. The Morgan fingerprint density at radius 2 is 1.93 bits per heavy atom. The summed E-state index contributed by atoms with van der Waals surface area (Å²) in [5.41, 5.74) is 4.13. The summed E-state index contributed by atoms with van der Waals surface area (Å²) in [6.45, 7) is -0.928. The van der Waals surface area contributed by atoms with Crippen LogP contribution in [0, 0.1) is 5.82 Å². The van der Waals surface area contributed by atoms with E-state index in [1.165, 1.54) is 0 Å². The summed E-state index contributed by atoms with van der Waals surface area (Å²) in [4.78, 5) is 0. The summed E-state index contributed by atoms with van der Waals surface area (Å²) in [5.74, 6) is -1.91. The van der Waals surface area contributed by atoms with E-state index in [1.54, 1.807) is 0 Å². The average molecular weight is 225 g/mol. The highest BCUT2D eigenvalue weighted by Crippen LogP contribution is 2.30. The molecule has 0 saturated heterocycles. The van der Waals surface area contributed by atoms with Crippen molar-refractivity contribution < 1.29 is 27.4 Å². The maximum absolute atomic E-state index is 13.1. The minimum Gasteiger partial charge on any atom is -0.405 e. The lowest BCUT2D eigenvalue weighted by Gasteiger charge is -2.13. The maximum Gasteiger partial charge on any atom is 0.573 e. The number of anilines is 1. The molecule has 0 aromatic heterocycles. The van der Waals surface area contributed by atoms with E-state index in [-0.39, 0.29) is 5.69 Å². The van der Waals surface area contributed by atoms with Gasteiger partial charge in [-0.3, -0.25) is 0 Å². The molecule has 0 aliphatic rings. The first-order valence-electron chi connectivity index (χ1n) is 3.78. The number of hydrogen-bond donors (Lipinski definition) is 2. The maximum atomic E-state index is 13.1. The first-order chi connectivity index (χ1) is 6.85. The van der Waals surface area contributed by atoms with Crippen LogP contribution in [0.2, 0.25) is 0 Å². The summed E-state index contributed by atoms with van der Waals surface area (Å²) in [5, 5.41) is 8.68.